The van der Waals surface area contributed by atoms with Gasteiger partial charge in [-0.2, -0.15) is 8.78 Å². The van der Waals surface area contributed by atoms with Gasteiger partial charge in [-0.15, -0.1) is 0 Å². The van der Waals surface area contributed by atoms with Crippen LogP contribution in [0.5, 0.6) is 5.88 Å². The van der Waals surface area contributed by atoms with Gasteiger partial charge < -0.3 is 24.6 Å². The molecule has 0 unspecified atom stereocenters. The number of morpholine rings is 1. The lowest BCUT2D eigenvalue weighted by atomic mass is 9.65. The summed E-state index contributed by atoms with van der Waals surface area (Å²) in [6.45, 7) is 0.321. The lowest BCUT2D eigenvalue weighted by Gasteiger charge is -2.58. The van der Waals surface area contributed by atoms with Crippen LogP contribution in [0.25, 0.3) is 0 Å². The Morgan fingerprint density at radius 3 is 2.56 bits per heavy atom. The van der Waals surface area contributed by atoms with E-state index in [9.17, 15) is 18.4 Å². The average Bonchev–Trinajstić information content (AvgIpc) is 2.71. The Balaban J connectivity index is 1.05. The summed E-state index contributed by atoms with van der Waals surface area (Å²) in [4.78, 5) is 32.0. The highest BCUT2D eigenvalue weighted by Gasteiger charge is 2.53. The highest BCUT2D eigenvalue weighted by Crippen LogP contribution is 2.47. The number of urea groups is 1. The van der Waals surface area contributed by atoms with Crippen LogP contribution in [0.15, 0.2) is 18.3 Å². The van der Waals surface area contributed by atoms with E-state index < -0.39 is 12.2 Å². The largest absolute Gasteiger partial charge is 0.417 e. The Hall–Kier alpha value is -2.49. The summed E-state index contributed by atoms with van der Waals surface area (Å²) < 4.78 is 34.1. The van der Waals surface area contributed by atoms with Crippen LogP contribution in [0, 0.1) is 11.3 Å². The third-order valence-corrected chi connectivity index (χ3v) is 7.29. The van der Waals surface area contributed by atoms with E-state index in [1.165, 1.54) is 6.07 Å². The molecule has 32 heavy (non-hydrogen) atoms. The van der Waals surface area contributed by atoms with Gasteiger partial charge in [0, 0.05) is 43.9 Å². The Kier molecular flexibility index (Phi) is 5.43. The smallest absolute Gasteiger partial charge is 0.388 e. The number of pyridine rings is 1. The van der Waals surface area contributed by atoms with Crippen LogP contribution in [0.2, 0.25) is 0 Å². The maximum atomic E-state index is 12.8. The van der Waals surface area contributed by atoms with Gasteiger partial charge in [0.2, 0.25) is 11.8 Å². The predicted molar refractivity (Wildman–Crippen MR) is 109 cm³/mol. The molecule has 3 saturated heterocycles. The molecule has 1 aliphatic carbocycles. The standard InChI is InChI=1S/C22H28F2N4O4/c23-19(24)32-18-2-1-16(8-25-18)7-15-3-5-21(6-4-15)10-27(11-21)20(30)28-12-22(13-28)14-31-9-17(29)26-22/h1-2,8,15,19H,3-7,9-14H2,(H,26,29). The molecule has 4 heterocycles. The maximum Gasteiger partial charge on any atom is 0.388 e. The van der Waals surface area contributed by atoms with Crippen LogP contribution >= 0.6 is 0 Å². The number of aromatic nitrogens is 1. The van der Waals surface area contributed by atoms with Crippen molar-refractivity contribution in [3.63, 3.8) is 0 Å². The second-order valence-electron chi connectivity index (χ2n) is 9.85. The molecular weight excluding hydrogens is 422 g/mol. The Bertz CT molecular complexity index is 859. The molecule has 0 radical (unpaired) electrons. The summed E-state index contributed by atoms with van der Waals surface area (Å²) >= 11 is 0. The molecule has 174 valence electrons. The quantitative estimate of drug-likeness (QED) is 0.759. The molecule has 0 bridgehead atoms. The lowest BCUT2D eigenvalue weighted by molar-refractivity contribution is -0.142. The number of carbonyl (C=O) groups is 2. The van der Waals surface area contributed by atoms with Gasteiger partial charge in [-0.3, -0.25) is 4.79 Å². The van der Waals surface area contributed by atoms with Gasteiger partial charge in [-0.05, 0) is 43.6 Å². The predicted octanol–water partition coefficient (Wildman–Crippen LogP) is 2.04. The van der Waals surface area contributed by atoms with E-state index in [-0.39, 0.29) is 29.8 Å². The number of ether oxygens (including phenoxy) is 2. The zero-order valence-electron chi connectivity index (χ0n) is 17.9. The third kappa shape index (κ3) is 4.24. The zero-order chi connectivity index (χ0) is 22.3. The topological polar surface area (TPSA) is 84.0 Å². The summed E-state index contributed by atoms with van der Waals surface area (Å²) in [5.74, 6) is 0.368. The second kappa shape index (κ2) is 8.13. The first-order chi connectivity index (χ1) is 15.3. The van der Waals surface area contributed by atoms with Gasteiger partial charge in [0.15, 0.2) is 0 Å². The van der Waals surface area contributed by atoms with Gasteiger partial charge in [-0.25, -0.2) is 9.78 Å². The van der Waals surface area contributed by atoms with Crippen molar-refractivity contribution < 1.29 is 27.8 Å². The highest BCUT2D eigenvalue weighted by atomic mass is 19.3. The molecule has 3 aliphatic heterocycles. The van der Waals surface area contributed by atoms with E-state index in [1.807, 2.05) is 4.90 Å². The number of carbonyl (C=O) groups excluding carboxylic acids is 2. The SMILES string of the molecule is O=C1COCC2(CN(C(=O)N3CC4(CCC(Cc5ccc(OC(F)F)nc5)CC4)C3)C2)N1. The van der Waals surface area contributed by atoms with E-state index in [4.69, 9.17) is 4.74 Å². The maximum absolute atomic E-state index is 12.8. The molecule has 4 aliphatic rings. The molecule has 5 rings (SSSR count). The molecule has 1 N–H and O–H groups in total. The molecule has 0 atom stereocenters. The zero-order valence-corrected chi connectivity index (χ0v) is 17.9. The summed E-state index contributed by atoms with van der Waals surface area (Å²) in [6, 6.07) is 3.35. The molecule has 3 amide bonds. The minimum Gasteiger partial charge on any atom is -0.417 e. The minimum absolute atomic E-state index is 0.0559. The van der Waals surface area contributed by atoms with Gasteiger partial charge in [-0.1, -0.05) is 6.07 Å². The minimum atomic E-state index is -2.86. The molecule has 10 heteroatoms. The number of halogens is 2. The van der Waals surface area contributed by atoms with Crippen molar-refractivity contribution in [2.75, 3.05) is 39.4 Å². The first-order valence-corrected chi connectivity index (χ1v) is 11.2. The van der Waals surface area contributed by atoms with Crippen molar-refractivity contribution in [3.8, 4) is 5.88 Å². The number of amides is 3. The van der Waals surface area contributed by atoms with Crippen LogP contribution in [-0.2, 0) is 16.0 Å². The van der Waals surface area contributed by atoms with Gasteiger partial charge in [0.25, 0.3) is 0 Å². The number of nitrogens with one attached hydrogen (secondary N) is 1. The Labute approximate surface area is 185 Å². The van der Waals surface area contributed by atoms with Crippen LogP contribution in [0.3, 0.4) is 0 Å². The highest BCUT2D eigenvalue weighted by molar-refractivity contribution is 5.81. The van der Waals surface area contributed by atoms with Crippen molar-refractivity contribution >= 4 is 11.9 Å². The molecule has 2 spiro atoms. The van der Waals surface area contributed by atoms with Crippen molar-refractivity contribution in [1.29, 1.82) is 0 Å². The number of hydrogen-bond acceptors (Lipinski definition) is 5. The van der Waals surface area contributed by atoms with Crippen LogP contribution in [-0.4, -0.2) is 78.3 Å². The number of hydrogen-bond donors (Lipinski definition) is 1. The molecule has 1 aromatic rings. The second-order valence-corrected chi connectivity index (χ2v) is 9.85. The Morgan fingerprint density at radius 2 is 1.94 bits per heavy atom. The first-order valence-electron chi connectivity index (χ1n) is 11.2. The monoisotopic (exact) mass is 450 g/mol. The molecule has 1 saturated carbocycles. The molecule has 0 aromatic carbocycles. The average molecular weight is 450 g/mol. The fourth-order valence-corrected chi connectivity index (χ4v) is 5.63. The van der Waals surface area contributed by atoms with E-state index in [0.717, 1.165) is 50.8 Å². The normalized spacial score (nSPS) is 24.3. The van der Waals surface area contributed by atoms with Crippen LogP contribution in [0.4, 0.5) is 13.6 Å². The summed E-state index contributed by atoms with van der Waals surface area (Å²) in [5, 5.41) is 2.96. The van der Waals surface area contributed by atoms with E-state index in [1.54, 1.807) is 17.2 Å². The van der Waals surface area contributed by atoms with Crippen molar-refractivity contribution in [3.05, 3.63) is 23.9 Å². The summed E-state index contributed by atoms with van der Waals surface area (Å²) in [6.07, 6.45) is 6.86. The molecule has 8 nitrogen and oxygen atoms in total. The van der Waals surface area contributed by atoms with Gasteiger partial charge in [0.05, 0.1) is 12.1 Å². The third-order valence-electron chi connectivity index (χ3n) is 7.29. The first kappa shape index (κ1) is 21.4. The van der Waals surface area contributed by atoms with E-state index >= 15 is 0 Å². The molecular formula is C22H28F2N4O4. The number of alkyl halides is 2. The van der Waals surface area contributed by atoms with Gasteiger partial charge >= 0.3 is 12.6 Å². The lowest BCUT2D eigenvalue weighted by Crippen LogP contribution is -2.77. The summed E-state index contributed by atoms with van der Waals surface area (Å²) in [5.41, 5.74) is 0.859. The fraction of sp³-hybridized carbons (Fsp3) is 0.682. The van der Waals surface area contributed by atoms with Gasteiger partial charge in [0.1, 0.15) is 6.61 Å². The Morgan fingerprint density at radius 1 is 1.22 bits per heavy atom. The van der Waals surface area contributed by atoms with Crippen molar-refractivity contribution in [1.82, 2.24) is 20.1 Å². The van der Waals surface area contributed by atoms with E-state index in [0.29, 0.717) is 25.6 Å². The number of likely N-dealkylation sites (tertiary alicyclic amines) is 2. The molecule has 4 fully saturated rings. The van der Waals surface area contributed by atoms with Crippen molar-refractivity contribution in [2.45, 2.75) is 44.3 Å². The van der Waals surface area contributed by atoms with Crippen molar-refractivity contribution in [2.24, 2.45) is 11.3 Å². The number of rotatable bonds is 4. The summed E-state index contributed by atoms with van der Waals surface area (Å²) in [7, 11) is 0. The van der Waals surface area contributed by atoms with Crippen LogP contribution < -0.4 is 10.1 Å². The van der Waals surface area contributed by atoms with Crippen LogP contribution in [0.1, 0.15) is 31.2 Å². The van der Waals surface area contributed by atoms with E-state index in [2.05, 4.69) is 15.0 Å². The molecule has 1 aromatic heterocycles. The fourth-order valence-electron chi connectivity index (χ4n) is 5.63. The number of nitrogens with zero attached hydrogens (tertiary/aromatic N) is 3.